The van der Waals surface area contributed by atoms with Crippen molar-refractivity contribution in [2.75, 3.05) is 11.9 Å². The molecule has 3 rings (SSSR count). The van der Waals surface area contributed by atoms with Crippen molar-refractivity contribution in [3.63, 3.8) is 0 Å². The highest BCUT2D eigenvalue weighted by Crippen LogP contribution is 2.23. The maximum absolute atomic E-state index is 12.5. The van der Waals surface area contributed by atoms with Crippen molar-refractivity contribution in [3.05, 3.63) is 41.7 Å². The molecule has 1 aliphatic rings. The van der Waals surface area contributed by atoms with Crippen molar-refractivity contribution in [2.24, 2.45) is 0 Å². The summed E-state index contributed by atoms with van der Waals surface area (Å²) in [6.07, 6.45) is 3.60. The lowest BCUT2D eigenvalue weighted by molar-refractivity contribution is -0.128. The number of nitrogens with zero attached hydrogens (tertiary/aromatic N) is 3. The van der Waals surface area contributed by atoms with Gasteiger partial charge >= 0.3 is 0 Å². The number of amides is 2. The number of carbonyl (C=O) groups is 2. The number of anilines is 1. The number of hydrogen-bond acceptors (Lipinski definition) is 4. The third-order valence-corrected chi connectivity index (χ3v) is 4.21. The first kappa shape index (κ1) is 17.1. The van der Waals surface area contributed by atoms with E-state index in [4.69, 9.17) is 0 Å². The van der Waals surface area contributed by atoms with E-state index >= 15 is 0 Å². The molecule has 1 aromatic heterocycles. The van der Waals surface area contributed by atoms with Crippen LogP contribution in [0, 0.1) is 0 Å². The highest BCUT2D eigenvalue weighted by Gasteiger charge is 2.32. The predicted molar refractivity (Wildman–Crippen MR) is 94.1 cm³/mol. The lowest BCUT2D eigenvalue weighted by Crippen LogP contribution is -2.39. The van der Waals surface area contributed by atoms with Crippen LogP contribution < -0.4 is 10.6 Å². The van der Waals surface area contributed by atoms with Crippen LogP contribution in [-0.4, -0.2) is 33.1 Å². The van der Waals surface area contributed by atoms with Crippen LogP contribution in [0.25, 0.3) is 0 Å². The highest BCUT2D eigenvalue weighted by atomic mass is 16.2. The Morgan fingerprint density at radius 3 is 2.88 bits per heavy atom. The number of unbranched alkanes of at least 4 members (excludes halogenated alkanes) is 1. The van der Waals surface area contributed by atoms with Gasteiger partial charge < -0.3 is 5.32 Å². The smallest absolute Gasteiger partial charge is 0.245 e. The molecule has 132 valence electrons. The Kier molecular flexibility index (Phi) is 5.42. The van der Waals surface area contributed by atoms with Gasteiger partial charge in [-0.2, -0.15) is 10.1 Å². The molecule has 2 amide bonds. The number of aromatic nitrogens is 3. The number of benzene rings is 1. The van der Waals surface area contributed by atoms with Crippen molar-refractivity contribution in [1.82, 2.24) is 20.1 Å². The molecule has 1 aliphatic heterocycles. The third kappa shape index (κ3) is 4.23. The van der Waals surface area contributed by atoms with Gasteiger partial charge in [0.05, 0.1) is 6.42 Å². The van der Waals surface area contributed by atoms with E-state index < -0.39 is 6.04 Å². The Morgan fingerprint density at radius 2 is 2.12 bits per heavy atom. The number of fused-ring (bicyclic) bond motifs is 1. The highest BCUT2D eigenvalue weighted by molar-refractivity contribution is 5.96. The molecule has 0 saturated heterocycles. The second kappa shape index (κ2) is 7.92. The standard InChI is InChI=1S/C18H23N5O2/c1-2-3-9-15-20-18-21-16(24)12-14(23(18)22-15)17(25)19-11-10-13-7-5-4-6-8-13/h4-8,14H,2-3,9-12H2,1H3,(H,19,25)(H,20,21,22,24). The molecule has 0 bridgehead atoms. The summed E-state index contributed by atoms with van der Waals surface area (Å²) in [7, 11) is 0. The van der Waals surface area contributed by atoms with Gasteiger partial charge in [-0.25, -0.2) is 4.68 Å². The number of rotatable bonds is 7. The average Bonchev–Trinajstić information content (AvgIpc) is 3.02. The van der Waals surface area contributed by atoms with Crippen molar-refractivity contribution < 1.29 is 9.59 Å². The number of aryl methyl sites for hydroxylation is 1. The minimum absolute atomic E-state index is 0.0841. The van der Waals surface area contributed by atoms with Crippen LogP contribution in [-0.2, 0) is 22.4 Å². The van der Waals surface area contributed by atoms with E-state index in [0.717, 1.165) is 31.2 Å². The molecule has 1 unspecified atom stereocenters. The van der Waals surface area contributed by atoms with Gasteiger partial charge in [0.1, 0.15) is 6.04 Å². The Balaban J connectivity index is 1.64. The van der Waals surface area contributed by atoms with E-state index in [0.29, 0.717) is 18.3 Å². The van der Waals surface area contributed by atoms with Crippen LogP contribution in [0.1, 0.15) is 43.6 Å². The number of nitrogens with one attached hydrogen (secondary N) is 2. The summed E-state index contributed by atoms with van der Waals surface area (Å²) in [5, 5.41) is 10.0. The molecule has 2 aromatic rings. The summed E-state index contributed by atoms with van der Waals surface area (Å²) in [5.74, 6) is 0.635. The lowest BCUT2D eigenvalue weighted by Gasteiger charge is -2.22. The average molecular weight is 341 g/mol. The van der Waals surface area contributed by atoms with Crippen LogP contribution in [0.15, 0.2) is 30.3 Å². The summed E-state index contributed by atoms with van der Waals surface area (Å²) in [4.78, 5) is 28.8. The molecule has 0 fully saturated rings. The summed E-state index contributed by atoms with van der Waals surface area (Å²) >= 11 is 0. The SMILES string of the molecule is CCCCc1nc2n(n1)C(C(=O)NCCc1ccccc1)CC(=O)N2. The van der Waals surface area contributed by atoms with Gasteiger partial charge in [-0.05, 0) is 18.4 Å². The zero-order valence-corrected chi connectivity index (χ0v) is 14.4. The largest absolute Gasteiger partial charge is 0.354 e. The first-order valence-electron chi connectivity index (χ1n) is 8.74. The first-order chi connectivity index (χ1) is 12.2. The van der Waals surface area contributed by atoms with E-state index in [1.807, 2.05) is 30.3 Å². The minimum Gasteiger partial charge on any atom is -0.354 e. The summed E-state index contributed by atoms with van der Waals surface area (Å²) in [6.45, 7) is 2.62. The maximum atomic E-state index is 12.5. The molecule has 0 spiro atoms. The van der Waals surface area contributed by atoms with Gasteiger partial charge in [-0.3, -0.25) is 14.9 Å². The lowest BCUT2D eigenvalue weighted by atomic mass is 10.1. The molecule has 0 saturated carbocycles. The Morgan fingerprint density at radius 1 is 1.32 bits per heavy atom. The Hall–Kier alpha value is -2.70. The molecule has 2 heterocycles. The summed E-state index contributed by atoms with van der Waals surface area (Å²) in [5.41, 5.74) is 1.16. The summed E-state index contributed by atoms with van der Waals surface area (Å²) < 4.78 is 1.55. The molecular formula is C18H23N5O2. The van der Waals surface area contributed by atoms with E-state index in [-0.39, 0.29) is 18.2 Å². The Bertz CT molecular complexity index is 741. The summed E-state index contributed by atoms with van der Waals surface area (Å²) in [6, 6.07) is 9.32. The van der Waals surface area contributed by atoms with Crippen molar-refractivity contribution in [1.29, 1.82) is 0 Å². The van der Waals surface area contributed by atoms with Crippen LogP contribution in [0.4, 0.5) is 5.95 Å². The van der Waals surface area contributed by atoms with E-state index in [9.17, 15) is 9.59 Å². The monoisotopic (exact) mass is 341 g/mol. The fourth-order valence-corrected chi connectivity index (χ4v) is 2.84. The molecule has 2 N–H and O–H groups in total. The fourth-order valence-electron chi connectivity index (χ4n) is 2.84. The zero-order valence-electron chi connectivity index (χ0n) is 14.4. The molecule has 1 atom stereocenters. The van der Waals surface area contributed by atoms with Crippen LogP contribution in [0.5, 0.6) is 0 Å². The van der Waals surface area contributed by atoms with Crippen molar-refractivity contribution >= 4 is 17.8 Å². The van der Waals surface area contributed by atoms with Crippen molar-refractivity contribution in [2.45, 2.75) is 45.1 Å². The number of carbonyl (C=O) groups excluding carboxylic acids is 2. The second-order valence-electron chi connectivity index (χ2n) is 6.19. The quantitative estimate of drug-likeness (QED) is 0.804. The van der Waals surface area contributed by atoms with Crippen LogP contribution >= 0.6 is 0 Å². The van der Waals surface area contributed by atoms with E-state index in [1.165, 1.54) is 0 Å². The molecule has 0 aliphatic carbocycles. The van der Waals surface area contributed by atoms with Gasteiger partial charge in [-0.15, -0.1) is 0 Å². The van der Waals surface area contributed by atoms with Gasteiger partial charge in [-0.1, -0.05) is 43.7 Å². The van der Waals surface area contributed by atoms with Gasteiger partial charge in [0, 0.05) is 13.0 Å². The predicted octanol–water partition coefficient (Wildman–Crippen LogP) is 1.86. The van der Waals surface area contributed by atoms with E-state index in [2.05, 4.69) is 27.6 Å². The molecule has 1 aromatic carbocycles. The first-order valence-corrected chi connectivity index (χ1v) is 8.74. The van der Waals surface area contributed by atoms with E-state index in [1.54, 1.807) is 4.68 Å². The number of hydrogen-bond donors (Lipinski definition) is 2. The molecule has 7 nitrogen and oxygen atoms in total. The zero-order chi connectivity index (χ0) is 17.6. The van der Waals surface area contributed by atoms with Gasteiger partial charge in [0.25, 0.3) is 0 Å². The molecule has 0 radical (unpaired) electrons. The third-order valence-electron chi connectivity index (χ3n) is 4.21. The topological polar surface area (TPSA) is 88.9 Å². The van der Waals surface area contributed by atoms with Gasteiger partial charge in [0.15, 0.2) is 5.82 Å². The molecule has 7 heteroatoms. The maximum Gasteiger partial charge on any atom is 0.245 e. The minimum atomic E-state index is -0.637. The normalized spacial score (nSPS) is 16.2. The fraction of sp³-hybridized carbons (Fsp3) is 0.444. The van der Waals surface area contributed by atoms with Crippen molar-refractivity contribution in [3.8, 4) is 0 Å². The van der Waals surface area contributed by atoms with Crippen LogP contribution in [0.3, 0.4) is 0 Å². The molecule has 25 heavy (non-hydrogen) atoms. The Labute approximate surface area is 146 Å². The molecular weight excluding hydrogens is 318 g/mol. The van der Waals surface area contributed by atoms with Crippen LogP contribution in [0.2, 0.25) is 0 Å². The van der Waals surface area contributed by atoms with Gasteiger partial charge in [0.2, 0.25) is 17.8 Å². The second-order valence-corrected chi connectivity index (χ2v) is 6.19.